The molecule has 2 rings (SSSR count). The van der Waals surface area contributed by atoms with Crippen LogP contribution in [0.25, 0.3) is 0 Å². The monoisotopic (exact) mass is 282 g/mol. The molecule has 0 aromatic heterocycles. The summed E-state index contributed by atoms with van der Waals surface area (Å²) < 4.78 is 26.3. The number of carbonyl (C=O) groups is 1. The van der Waals surface area contributed by atoms with Gasteiger partial charge in [0.2, 0.25) is 5.91 Å². The van der Waals surface area contributed by atoms with Crippen LogP contribution >= 0.6 is 0 Å². The molecule has 3 nitrogen and oxygen atoms in total. The second-order valence-electron chi connectivity index (χ2n) is 5.39. The van der Waals surface area contributed by atoms with Crippen LogP contribution in [0.3, 0.4) is 0 Å². The van der Waals surface area contributed by atoms with Gasteiger partial charge in [0.05, 0.1) is 5.41 Å². The molecule has 1 amide bonds. The average molecular weight is 282 g/mol. The van der Waals surface area contributed by atoms with E-state index in [1.165, 1.54) is 0 Å². The second-order valence-corrected chi connectivity index (χ2v) is 5.39. The maximum Gasteiger partial charge on any atom is 0.230 e. The number of rotatable bonds is 4. The fourth-order valence-electron chi connectivity index (χ4n) is 2.86. The highest BCUT2D eigenvalue weighted by Crippen LogP contribution is 2.35. The fraction of sp³-hybridized carbons (Fsp3) is 0.533. The Bertz CT molecular complexity index is 459. The molecule has 1 aliphatic heterocycles. The first-order valence-electron chi connectivity index (χ1n) is 7.04. The molecule has 1 aliphatic rings. The SMILES string of the molecule is CCCC1(C(=O)Nc2cc(F)cc(F)c2)CCNCC1. The molecule has 0 bridgehead atoms. The minimum atomic E-state index is -0.685. The van der Waals surface area contributed by atoms with E-state index in [4.69, 9.17) is 0 Å². The first-order valence-corrected chi connectivity index (χ1v) is 7.04. The molecule has 2 N–H and O–H groups in total. The van der Waals surface area contributed by atoms with Gasteiger partial charge in [0.15, 0.2) is 0 Å². The molecule has 0 aliphatic carbocycles. The summed E-state index contributed by atoms with van der Waals surface area (Å²) in [6.45, 7) is 3.63. The molecule has 1 heterocycles. The van der Waals surface area contributed by atoms with Crippen molar-refractivity contribution in [2.75, 3.05) is 18.4 Å². The van der Waals surface area contributed by atoms with Gasteiger partial charge >= 0.3 is 0 Å². The number of anilines is 1. The van der Waals surface area contributed by atoms with Crippen LogP contribution in [0.2, 0.25) is 0 Å². The van der Waals surface area contributed by atoms with E-state index in [1.54, 1.807) is 0 Å². The Labute approximate surface area is 117 Å². The number of benzene rings is 1. The lowest BCUT2D eigenvalue weighted by atomic mass is 9.74. The summed E-state index contributed by atoms with van der Waals surface area (Å²) in [7, 11) is 0. The van der Waals surface area contributed by atoms with Crippen LogP contribution in [0.5, 0.6) is 0 Å². The van der Waals surface area contributed by atoms with Crippen molar-refractivity contribution in [3.8, 4) is 0 Å². The molecule has 0 unspecified atom stereocenters. The quantitative estimate of drug-likeness (QED) is 0.891. The summed E-state index contributed by atoms with van der Waals surface area (Å²) in [4.78, 5) is 12.5. The Morgan fingerprint density at radius 3 is 2.40 bits per heavy atom. The van der Waals surface area contributed by atoms with Crippen molar-refractivity contribution in [1.29, 1.82) is 0 Å². The lowest BCUT2D eigenvalue weighted by Gasteiger charge is -2.36. The van der Waals surface area contributed by atoms with Gasteiger partial charge < -0.3 is 10.6 Å². The average Bonchev–Trinajstić information content (AvgIpc) is 2.38. The first kappa shape index (κ1) is 14.9. The predicted molar refractivity (Wildman–Crippen MR) is 74.4 cm³/mol. The van der Waals surface area contributed by atoms with Crippen molar-refractivity contribution in [3.63, 3.8) is 0 Å². The summed E-state index contributed by atoms with van der Waals surface area (Å²) in [6, 6.07) is 3.07. The van der Waals surface area contributed by atoms with Gasteiger partial charge in [-0.3, -0.25) is 4.79 Å². The van der Waals surface area contributed by atoms with E-state index >= 15 is 0 Å². The van der Waals surface area contributed by atoms with Crippen LogP contribution in [-0.4, -0.2) is 19.0 Å². The van der Waals surface area contributed by atoms with E-state index in [0.717, 1.165) is 57.0 Å². The maximum atomic E-state index is 13.2. The van der Waals surface area contributed by atoms with Gasteiger partial charge in [-0.15, -0.1) is 0 Å². The number of amides is 1. The van der Waals surface area contributed by atoms with Gasteiger partial charge in [0, 0.05) is 11.8 Å². The zero-order valence-electron chi connectivity index (χ0n) is 11.6. The van der Waals surface area contributed by atoms with E-state index in [9.17, 15) is 13.6 Å². The molecule has 0 saturated carbocycles. The summed E-state index contributed by atoms with van der Waals surface area (Å²) in [5, 5.41) is 5.91. The molecule has 0 spiro atoms. The smallest absolute Gasteiger partial charge is 0.230 e. The number of halogens is 2. The van der Waals surface area contributed by atoms with Crippen LogP contribution in [0, 0.1) is 17.0 Å². The Kier molecular flexibility index (Phi) is 4.70. The highest BCUT2D eigenvalue weighted by molar-refractivity contribution is 5.95. The number of piperidine rings is 1. The van der Waals surface area contributed by atoms with E-state index in [1.807, 2.05) is 6.92 Å². The number of nitrogens with one attached hydrogen (secondary N) is 2. The van der Waals surface area contributed by atoms with E-state index in [0.29, 0.717) is 0 Å². The van der Waals surface area contributed by atoms with Crippen LogP contribution < -0.4 is 10.6 Å². The summed E-state index contributed by atoms with van der Waals surface area (Å²) in [5.74, 6) is -1.50. The molecule has 0 atom stereocenters. The minimum absolute atomic E-state index is 0.133. The van der Waals surface area contributed by atoms with Gasteiger partial charge in [-0.05, 0) is 44.5 Å². The Balaban J connectivity index is 2.15. The minimum Gasteiger partial charge on any atom is -0.325 e. The van der Waals surface area contributed by atoms with Gasteiger partial charge in [-0.25, -0.2) is 8.78 Å². The largest absolute Gasteiger partial charge is 0.325 e. The second kappa shape index (κ2) is 6.31. The summed E-state index contributed by atoms with van der Waals surface area (Å²) in [5.41, 5.74) is -0.246. The number of carbonyl (C=O) groups excluding carboxylic acids is 1. The van der Waals surface area contributed by atoms with Gasteiger partial charge in [0.25, 0.3) is 0 Å². The van der Waals surface area contributed by atoms with Crippen LogP contribution in [0.4, 0.5) is 14.5 Å². The molecule has 1 aromatic carbocycles. The molecule has 20 heavy (non-hydrogen) atoms. The third-order valence-electron chi connectivity index (χ3n) is 3.89. The molecule has 110 valence electrons. The van der Waals surface area contributed by atoms with Gasteiger partial charge in [-0.1, -0.05) is 13.3 Å². The van der Waals surface area contributed by atoms with E-state index in [2.05, 4.69) is 10.6 Å². The molecule has 0 radical (unpaired) electrons. The molecule has 1 fully saturated rings. The zero-order chi connectivity index (χ0) is 14.6. The van der Waals surface area contributed by atoms with Crippen molar-refractivity contribution in [2.45, 2.75) is 32.6 Å². The van der Waals surface area contributed by atoms with Crippen LogP contribution in [-0.2, 0) is 4.79 Å². The zero-order valence-corrected chi connectivity index (χ0v) is 11.6. The van der Waals surface area contributed by atoms with Crippen molar-refractivity contribution in [1.82, 2.24) is 5.32 Å². The van der Waals surface area contributed by atoms with Crippen LogP contribution in [0.1, 0.15) is 32.6 Å². The van der Waals surface area contributed by atoms with E-state index in [-0.39, 0.29) is 11.6 Å². The lowest BCUT2D eigenvalue weighted by molar-refractivity contribution is -0.127. The number of hydrogen-bond donors (Lipinski definition) is 2. The first-order chi connectivity index (χ1) is 9.55. The van der Waals surface area contributed by atoms with Crippen molar-refractivity contribution < 1.29 is 13.6 Å². The maximum absolute atomic E-state index is 13.2. The normalized spacial score (nSPS) is 17.8. The highest BCUT2D eigenvalue weighted by Gasteiger charge is 2.38. The summed E-state index contributed by atoms with van der Waals surface area (Å²) >= 11 is 0. The van der Waals surface area contributed by atoms with Crippen molar-refractivity contribution in [2.24, 2.45) is 5.41 Å². The molecular weight excluding hydrogens is 262 g/mol. The predicted octanol–water partition coefficient (Wildman–Crippen LogP) is 3.07. The summed E-state index contributed by atoms with van der Waals surface area (Å²) in [6.07, 6.45) is 3.21. The highest BCUT2D eigenvalue weighted by atomic mass is 19.1. The van der Waals surface area contributed by atoms with Gasteiger partial charge in [0.1, 0.15) is 11.6 Å². The molecule has 1 aromatic rings. The Morgan fingerprint density at radius 2 is 1.85 bits per heavy atom. The molecule has 5 heteroatoms. The molecule has 1 saturated heterocycles. The Hall–Kier alpha value is -1.49. The Morgan fingerprint density at radius 1 is 1.25 bits per heavy atom. The third-order valence-corrected chi connectivity index (χ3v) is 3.89. The lowest BCUT2D eigenvalue weighted by Crippen LogP contribution is -2.44. The van der Waals surface area contributed by atoms with Crippen molar-refractivity contribution >= 4 is 11.6 Å². The van der Waals surface area contributed by atoms with Crippen molar-refractivity contribution in [3.05, 3.63) is 29.8 Å². The topological polar surface area (TPSA) is 41.1 Å². The standard InChI is InChI=1S/C15H20F2N2O/c1-2-3-15(4-6-18-7-5-15)14(20)19-13-9-11(16)8-12(17)10-13/h8-10,18H,2-7H2,1H3,(H,19,20). The van der Waals surface area contributed by atoms with Crippen LogP contribution in [0.15, 0.2) is 18.2 Å². The molecular formula is C15H20F2N2O. The van der Waals surface area contributed by atoms with Gasteiger partial charge in [-0.2, -0.15) is 0 Å². The van der Waals surface area contributed by atoms with E-state index < -0.39 is 17.0 Å². The third kappa shape index (κ3) is 3.33. The number of hydrogen-bond acceptors (Lipinski definition) is 2. The fourth-order valence-corrected chi connectivity index (χ4v) is 2.86.